The summed E-state index contributed by atoms with van der Waals surface area (Å²) in [6, 6.07) is 4.77. The Morgan fingerprint density at radius 1 is 1.41 bits per heavy atom. The third-order valence-electron chi connectivity index (χ3n) is 3.77. The van der Waals surface area contributed by atoms with Crippen LogP contribution >= 0.6 is 15.9 Å². The molecule has 1 aliphatic rings. The first-order valence-corrected chi connectivity index (χ1v) is 7.64. The number of carbonyl (C=O) groups excluding carboxylic acids is 1. The van der Waals surface area contributed by atoms with E-state index in [1.165, 1.54) is 7.11 Å². The minimum atomic E-state index is -0.928. The van der Waals surface area contributed by atoms with Gasteiger partial charge in [-0.2, -0.15) is 0 Å². The van der Waals surface area contributed by atoms with E-state index < -0.39 is 5.97 Å². The van der Waals surface area contributed by atoms with Crippen LogP contribution in [-0.4, -0.2) is 54.8 Å². The first-order chi connectivity index (χ1) is 10.5. The lowest BCUT2D eigenvalue weighted by atomic mass is 10.1. The Bertz CT molecular complexity index is 577. The highest BCUT2D eigenvalue weighted by atomic mass is 79.9. The molecular weight excluding hydrogens is 354 g/mol. The smallest absolute Gasteiger partial charge is 0.305 e. The minimum Gasteiger partial charge on any atom is -0.496 e. The van der Waals surface area contributed by atoms with E-state index in [2.05, 4.69) is 15.9 Å². The predicted molar refractivity (Wildman–Crippen MR) is 83.2 cm³/mol. The largest absolute Gasteiger partial charge is 0.496 e. The van der Waals surface area contributed by atoms with Crippen LogP contribution in [0.1, 0.15) is 23.2 Å². The van der Waals surface area contributed by atoms with Crippen molar-refractivity contribution in [1.29, 1.82) is 0 Å². The van der Waals surface area contributed by atoms with Crippen molar-refractivity contribution in [2.75, 3.05) is 20.8 Å². The van der Waals surface area contributed by atoms with E-state index in [1.54, 1.807) is 30.2 Å². The number of carboxylic acid groups (broad SMARTS) is 1. The quantitative estimate of drug-likeness (QED) is 0.857. The zero-order valence-electron chi connectivity index (χ0n) is 12.4. The fourth-order valence-corrected chi connectivity index (χ4v) is 3.02. The SMILES string of the molecule is COc1cc(Br)ccc1C(=O)N1CC(OC)CC1CC(=O)O. The highest BCUT2D eigenvalue weighted by molar-refractivity contribution is 9.10. The second kappa shape index (κ2) is 7.11. The van der Waals surface area contributed by atoms with Crippen LogP contribution in [0.25, 0.3) is 0 Å². The Balaban J connectivity index is 2.28. The van der Waals surface area contributed by atoms with Crippen LogP contribution in [-0.2, 0) is 9.53 Å². The summed E-state index contributed by atoms with van der Waals surface area (Å²) in [7, 11) is 3.06. The Kier molecular flexibility index (Phi) is 5.42. The van der Waals surface area contributed by atoms with Gasteiger partial charge in [0.05, 0.1) is 25.2 Å². The fraction of sp³-hybridized carbons (Fsp3) is 0.467. The highest BCUT2D eigenvalue weighted by Gasteiger charge is 2.37. The zero-order chi connectivity index (χ0) is 16.3. The molecule has 1 aromatic rings. The lowest BCUT2D eigenvalue weighted by Gasteiger charge is -2.24. The van der Waals surface area contributed by atoms with Gasteiger partial charge in [-0.25, -0.2) is 0 Å². The van der Waals surface area contributed by atoms with Crippen LogP contribution in [0.2, 0.25) is 0 Å². The summed E-state index contributed by atoms with van der Waals surface area (Å²) >= 11 is 3.33. The first kappa shape index (κ1) is 16.8. The number of benzene rings is 1. The van der Waals surface area contributed by atoms with Gasteiger partial charge in [-0.05, 0) is 24.6 Å². The fourth-order valence-electron chi connectivity index (χ4n) is 2.68. The van der Waals surface area contributed by atoms with Gasteiger partial charge in [-0.15, -0.1) is 0 Å². The number of amides is 1. The molecule has 0 radical (unpaired) electrons. The average Bonchev–Trinajstić information content (AvgIpc) is 2.88. The molecule has 2 unspecified atom stereocenters. The summed E-state index contributed by atoms with van der Waals surface area (Å²) in [4.78, 5) is 25.4. The van der Waals surface area contributed by atoms with Gasteiger partial charge in [0.2, 0.25) is 0 Å². The summed E-state index contributed by atoms with van der Waals surface area (Å²) in [5.41, 5.74) is 0.415. The van der Waals surface area contributed by atoms with Gasteiger partial charge in [0, 0.05) is 24.2 Å². The number of carboxylic acids is 1. The van der Waals surface area contributed by atoms with Crippen LogP contribution in [0.3, 0.4) is 0 Å². The number of carbonyl (C=O) groups is 2. The van der Waals surface area contributed by atoms with Gasteiger partial charge in [0.15, 0.2) is 0 Å². The molecule has 6 nitrogen and oxygen atoms in total. The topological polar surface area (TPSA) is 76.1 Å². The molecule has 1 saturated heterocycles. The van der Waals surface area contributed by atoms with Crippen LogP contribution in [0.15, 0.2) is 22.7 Å². The van der Waals surface area contributed by atoms with E-state index in [-0.39, 0.29) is 24.5 Å². The molecule has 0 bridgehead atoms. The molecule has 22 heavy (non-hydrogen) atoms. The number of rotatable bonds is 5. The molecular formula is C15H18BrNO5. The van der Waals surface area contributed by atoms with E-state index in [4.69, 9.17) is 14.6 Å². The number of aliphatic carboxylic acids is 1. The Morgan fingerprint density at radius 2 is 2.14 bits per heavy atom. The van der Waals surface area contributed by atoms with Crippen molar-refractivity contribution >= 4 is 27.8 Å². The number of nitrogens with zero attached hydrogens (tertiary/aromatic N) is 1. The molecule has 120 valence electrons. The summed E-state index contributed by atoms with van der Waals surface area (Å²) in [5, 5.41) is 9.03. The van der Waals surface area contributed by atoms with Crippen molar-refractivity contribution in [2.24, 2.45) is 0 Å². The standard InChI is InChI=1S/C15H18BrNO5/c1-21-11-6-10(7-14(18)19)17(8-11)15(20)12-4-3-9(16)5-13(12)22-2/h3-5,10-11H,6-8H2,1-2H3,(H,18,19). The normalized spacial score (nSPS) is 21.0. The third-order valence-corrected chi connectivity index (χ3v) is 4.27. The van der Waals surface area contributed by atoms with Crippen molar-refractivity contribution in [2.45, 2.75) is 25.0 Å². The lowest BCUT2D eigenvalue weighted by Crippen LogP contribution is -2.37. The van der Waals surface area contributed by atoms with Gasteiger partial charge in [0.25, 0.3) is 5.91 Å². The monoisotopic (exact) mass is 371 g/mol. The maximum absolute atomic E-state index is 12.8. The molecule has 1 aliphatic heterocycles. The van der Waals surface area contributed by atoms with E-state index >= 15 is 0 Å². The number of ether oxygens (including phenoxy) is 2. The minimum absolute atomic E-state index is 0.0928. The Morgan fingerprint density at radius 3 is 2.73 bits per heavy atom. The van der Waals surface area contributed by atoms with Crippen molar-refractivity contribution < 1.29 is 24.2 Å². The number of halogens is 1. The van der Waals surface area contributed by atoms with Gasteiger partial charge >= 0.3 is 5.97 Å². The predicted octanol–water partition coefficient (Wildman–Crippen LogP) is 2.16. The molecule has 1 N–H and O–H groups in total. The summed E-state index contributed by atoms with van der Waals surface area (Å²) < 4.78 is 11.3. The Hall–Kier alpha value is -1.60. The van der Waals surface area contributed by atoms with E-state index in [1.807, 2.05) is 0 Å². The molecule has 2 rings (SSSR count). The molecule has 0 spiro atoms. The molecule has 1 fully saturated rings. The molecule has 0 aromatic heterocycles. The maximum atomic E-state index is 12.8. The van der Waals surface area contributed by atoms with Gasteiger partial charge in [-0.1, -0.05) is 15.9 Å². The molecule has 7 heteroatoms. The maximum Gasteiger partial charge on any atom is 0.305 e. The Labute approximate surface area is 137 Å². The summed E-state index contributed by atoms with van der Waals surface area (Å²) in [5.74, 6) is -0.716. The number of hydrogen-bond donors (Lipinski definition) is 1. The molecule has 0 aliphatic carbocycles. The average molecular weight is 372 g/mol. The number of hydrogen-bond acceptors (Lipinski definition) is 4. The second-order valence-corrected chi connectivity index (χ2v) is 6.06. The summed E-state index contributed by atoms with van der Waals surface area (Å²) in [6.07, 6.45) is 0.285. The molecule has 1 amide bonds. The van der Waals surface area contributed by atoms with Crippen molar-refractivity contribution in [3.8, 4) is 5.75 Å². The number of likely N-dealkylation sites (tertiary alicyclic amines) is 1. The van der Waals surface area contributed by atoms with Gasteiger partial charge < -0.3 is 19.5 Å². The zero-order valence-corrected chi connectivity index (χ0v) is 14.0. The highest BCUT2D eigenvalue weighted by Crippen LogP contribution is 2.29. The van der Waals surface area contributed by atoms with Gasteiger partial charge in [-0.3, -0.25) is 9.59 Å². The van der Waals surface area contributed by atoms with E-state index in [0.717, 1.165) is 4.47 Å². The van der Waals surface area contributed by atoms with Crippen LogP contribution in [0, 0.1) is 0 Å². The second-order valence-electron chi connectivity index (χ2n) is 5.15. The third kappa shape index (κ3) is 3.59. The number of methoxy groups -OCH3 is 2. The molecule has 1 aromatic carbocycles. The summed E-state index contributed by atoms with van der Waals surface area (Å²) in [6.45, 7) is 0.381. The van der Waals surface area contributed by atoms with E-state index in [0.29, 0.717) is 24.3 Å². The van der Waals surface area contributed by atoms with Crippen LogP contribution in [0.4, 0.5) is 0 Å². The molecule has 1 heterocycles. The van der Waals surface area contributed by atoms with Crippen molar-refractivity contribution in [1.82, 2.24) is 4.90 Å². The van der Waals surface area contributed by atoms with Crippen LogP contribution < -0.4 is 4.74 Å². The molecule has 2 atom stereocenters. The first-order valence-electron chi connectivity index (χ1n) is 6.85. The van der Waals surface area contributed by atoms with Gasteiger partial charge in [0.1, 0.15) is 5.75 Å². The lowest BCUT2D eigenvalue weighted by molar-refractivity contribution is -0.137. The van der Waals surface area contributed by atoms with Crippen molar-refractivity contribution in [3.05, 3.63) is 28.2 Å². The molecule has 0 saturated carbocycles. The van der Waals surface area contributed by atoms with Crippen molar-refractivity contribution in [3.63, 3.8) is 0 Å². The van der Waals surface area contributed by atoms with Crippen LogP contribution in [0.5, 0.6) is 5.75 Å². The van der Waals surface area contributed by atoms with E-state index in [9.17, 15) is 9.59 Å².